The van der Waals surface area contributed by atoms with Gasteiger partial charge in [0, 0.05) is 28.6 Å². The quantitative estimate of drug-likeness (QED) is 0.0842. The fourth-order valence-electron chi connectivity index (χ4n) is 6.40. The SMILES string of the molecule is CC(=O)[c-]1c(=O)cc(C)oc1=O.CN(C)[C@@H]1C(=O)C(C(N)=O)=C(O)[C@@]2(O)C(=O)C3=C(O)c4c(O)cccc4[C@](C)(O)[C@H]3C[C@@H]12.Cl.[Na+]. The fourth-order valence-corrected chi connectivity index (χ4v) is 6.40. The van der Waals surface area contributed by atoms with Crippen LogP contribution in [0.4, 0.5) is 0 Å². The number of halogens is 1. The second-order valence-electron chi connectivity index (χ2n) is 11.4. The molecule has 1 saturated carbocycles. The molecular weight excluding hydrogens is 639 g/mol. The van der Waals surface area contributed by atoms with Crippen molar-refractivity contribution in [2.24, 2.45) is 17.6 Å². The number of nitrogens with two attached hydrogens (primary N) is 1. The number of ketones is 3. The number of aliphatic hydroxyl groups excluding tert-OH is 2. The van der Waals surface area contributed by atoms with Crippen LogP contribution in [0.15, 0.2) is 55.2 Å². The zero-order valence-electron chi connectivity index (χ0n) is 25.8. The molecule has 0 radical (unpaired) electrons. The van der Waals surface area contributed by atoms with Crippen molar-refractivity contribution in [1.82, 2.24) is 4.90 Å². The maximum atomic E-state index is 13.7. The number of Topliss-reactive ketones (excluding diaryl/α,β-unsaturated/α-hetero) is 3. The van der Waals surface area contributed by atoms with Gasteiger partial charge in [0.15, 0.2) is 11.4 Å². The Labute approximate surface area is 289 Å². The zero-order valence-corrected chi connectivity index (χ0v) is 28.6. The molecule has 14 nitrogen and oxygen atoms in total. The van der Waals surface area contributed by atoms with E-state index in [-0.39, 0.29) is 65.3 Å². The van der Waals surface area contributed by atoms with Gasteiger partial charge in [-0.1, -0.05) is 12.1 Å². The molecule has 0 unspecified atom stereocenters. The van der Waals surface area contributed by atoms with Crippen LogP contribution in [0.3, 0.4) is 0 Å². The third-order valence-electron chi connectivity index (χ3n) is 8.41. The number of carbonyl (C=O) groups excluding carboxylic acids is 4. The van der Waals surface area contributed by atoms with Gasteiger partial charge in [-0.25, -0.2) is 0 Å². The number of primary amides is 1. The molecule has 1 fully saturated rings. The Kier molecular flexibility index (Phi) is 11.2. The van der Waals surface area contributed by atoms with Crippen LogP contribution in [-0.4, -0.2) is 79.4 Å². The minimum atomic E-state index is -2.75. The summed E-state index contributed by atoms with van der Waals surface area (Å²) in [4.78, 5) is 72.7. The standard InChI is InChI=1S/C22H24N2O8.C8H7O4.ClH.Na/c1-21(31)8-5-4-6-11(25)12(8)16(26)13-9(21)7-10-15(24(2)3)17(27)14(20(23)30)19(29)22(10,32)18(13)28;1-4-3-6(10)7(5(2)9)8(11)12-4;;/h4-6,9-10,15,25-26,29,31-32H,7H2,1-3H3,(H2,23,30);3H,1-2H3;1H;/q;-1;;+1/t9-,10-,15-,21-,22-;;;/m0.../s1. The number of rotatable bonds is 3. The summed E-state index contributed by atoms with van der Waals surface area (Å²) in [5, 5.41) is 54.9. The Morgan fingerprint density at radius 3 is 2.17 bits per heavy atom. The number of aryl methyl sites for hydroxylation is 1. The molecule has 1 amide bonds. The first-order chi connectivity index (χ1) is 20.3. The second-order valence-corrected chi connectivity index (χ2v) is 11.4. The normalized spacial score (nSPS) is 26.5. The average Bonchev–Trinajstić information content (AvgIpc) is 2.88. The Hall–Kier alpha value is -3.50. The number of fused-ring (bicyclic) bond motifs is 3. The average molecular weight is 671 g/mol. The first kappa shape index (κ1) is 38.7. The minimum Gasteiger partial charge on any atom is -0.508 e. The molecule has 1 aromatic carbocycles. The molecule has 242 valence electrons. The van der Waals surface area contributed by atoms with Crippen LogP contribution in [0, 0.1) is 18.8 Å². The number of hydrogen-bond donors (Lipinski definition) is 6. The summed E-state index contributed by atoms with van der Waals surface area (Å²) in [6, 6.07) is 4.14. The van der Waals surface area contributed by atoms with Gasteiger partial charge in [0.1, 0.15) is 22.8 Å². The summed E-state index contributed by atoms with van der Waals surface area (Å²) < 4.78 is 4.57. The molecule has 5 rings (SSSR count). The number of likely N-dealkylation sites (N-methyl/N-ethyl adjacent to an activating group) is 1. The van der Waals surface area contributed by atoms with Crippen LogP contribution in [0.2, 0.25) is 0 Å². The zero-order chi connectivity index (χ0) is 33.2. The van der Waals surface area contributed by atoms with Crippen molar-refractivity contribution >= 4 is 41.4 Å². The number of phenols is 1. The predicted molar refractivity (Wildman–Crippen MR) is 159 cm³/mol. The number of carbonyl (C=O) groups is 4. The number of hydrogen-bond acceptors (Lipinski definition) is 13. The molecule has 0 bridgehead atoms. The van der Waals surface area contributed by atoms with Gasteiger partial charge in [-0.3, -0.25) is 24.1 Å². The number of nitrogens with zero attached hydrogens (tertiary/aromatic N) is 1. The third kappa shape index (κ3) is 5.79. The van der Waals surface area contributed by atoms with Gasteiger partial charge in [-0.2, -0.15) is 0 Å². The molecule has 46 heavy (non-hydrogen) atoms. The Morgan fingerprint density at radius 1 is 1.09 bits per heavy atom. The van der Waals surface area contributed by atoms with Crippen LogP contribution in [0.25, 0.3) is 5.76 Å². The molecule has 5 atom stereocenters. The van der Waals surface area contributed by atoms with E-state index in [2.05, 4.69) is 4.42 Å². The molecular formula is C30H32ClN2NaO12. The van der Waals surface area contributed by atoms with Crippen molar-refractivity contribution in [2.75, 3.05) is 14.1 Å². The van der Waals surface area contributed by atoms with E-state index in [1.165, 1.54) is 51.0 Å². The smallest absolute Gasteiger partial charge is 0.508 e. The molecule has 0 spiro atoms. The second kappa shape index (κ2) is 13.3. The summed E-state index contributed by atoms with van der Waals surface area (Å²) in [6.45, 7) is 4.04. The number of phenolic OH excluding ortho intramolecular Hbond substituents is 1. The van der Waals surface area contributed by atoms with Gasteiger partial charge in [0.2, 0.25) is 5.78 Å². The number of benzene rings is 1. The van der Waals surface area contributed by atoms with E-state index >= 15 is 0 Å². The van der Waals surface area contributed by atoms with E-state index in [0.29, 0.717) is 0 Å². The first-order valence-electron chi connectivity index (χ1n) is 13.3. The van der Waals surface area contributed by atoms with E-state index in [0.717, 1.165) is 13.0 Å². The van der Waals surface area contributed by atoms with Gasteiger partial charge >= 0.3 is 29.6 Å². The number of aromatic hydroxyl groups is 1. The van der Waals surface area contributed by atoms with E-state index in [4.69, 9.17) is 5.73 Å². The Morgan fingerprint density at radius 2 is 1.67 bits per heavy atom. The Bertz CT molecular complexity index is 1790. The topological polar surface area (TPSA) is 246 Å². The van der Waals surface area contributed by atoms with Gasteiger partial charge in [0.05, 0.1) is 23.0 Å². The summed E-state index contributed by atoms with van der Waals surface area (Å²) in [7, 11) is 3.01. The first-order valence-corrected chi connectivity index (χ1v) is 13.3. The van der Waals surface area contributed by atoms with E-state index in [1.54, 1.807) is 0 Å². The van der Waals surface area contributed by atoms with Crippen molar-refractivity contribution in [1.29, 1.82) is 0 Å². The van der Waals surface area contributed by atoms with Crippen molar-refractivity contribution in [3.63, 3.8) is 0 Å². The summed E-state index contributed by atoms with van der Waals surface area (Å²) in [5.41, 5.74) is -2.38. The summed E-state index contributed by atoms with van der Waals surface area (Å²) >= 11 is 0. The summed E-state index contributed by atoms with van der Waals surface area (Å²) in [6.07, 6.45) is -0.200. The molecule has 0 aliphatic heterocycles. The molecule has 1 aromatic heterocycles. The maximum Gasteiger partial charge on any atom is 1.00 e. The molecule has 0 saturated heterocycles. The molecule has 2 aromatic rings. The third-order valence-corrected chi connectivity index (χ3v) is 8.41. The number of amides is 1. The maximum absolute atomic E-state index is 13.7. The van der Waals surface area contributed by atoms with Gasteiger partial charge < -0.3 is 45.3 Å². The van der Waals surface area contributed by atoms with Crippen molar-refractivity contribution in [3.05, 3.63) is 84.3 Å². The van der Waals surface area contributed by atoms with Crippen molar-refractivity contribution in [3.8, 4) is 5.75 Å². The van der Waals surface area contributed by atoms with Crippen molar-refractivity contribution in [2.45, 2.75) is 44.4 Å². The van der Waals surface area contributed by atoms with E-state index in [1.807, 2.05) is 0 Å². The largest absolute Gasteiger partial charge is 1.00 e. The van der Waals surface area contributed by atoms with E-state index in [9.17, 15) is 54.3 Å². The fraction of sp³-hybridized carbons (Fsp3) is 0.367. The van der Waals surface area contributed by atoms with Gasteiger partial charge in [-0.05, 0) is 58.5 Å². The van der Waals surface area contributed by atoms with Crippen LogP contribution in [0.1, 0.15) is 47.5 Å². The monoisotopic (exact) mass is 670 g/mol. The van der Waals surface area contributed by atoms with Gasteiger partial charge in [0.25, 0.3) is 11.5 Å². The molecule has 16 heteroatoms. The van der Waals surface area contributed by atoms with Gasteiger partial charge in [-0.15, -0.1) is 18.5 Å². The molecule has 3 aliphatic carbocycles. The molecule has 7 N–H and O–H groups in total. The predicted octanol–water partition coefficient (Wildman–Crippen LogP) is -2.72. The van der Waals surface area contributed by atoms with E-state index < -0.39 is 97.4 Å². The molecule has 1 heterocycles. The number of aliphatic hydroxyl groups is 4. The summed E-state index contributed by atoms with van der Waals surface area (Å²) in [5.74, 6) is -8.24. The van der Waals surface area contributed by atoms with Crippen LogP contribution in [0.5, 0.6) is 5.75 Å². The van der Waals surface area contributed by atoms with Crippen LogP contribution >= 0.6 is 12.4 Å². The van der Waals surface area contributed by atoms with Crippen LogP contribution < -0.4 is 46.3 Å². The Balaban J connectivity index is 0.000000447. The van der Waals surface area contributed by atoms with Crippen molar-refractivity contribution < 1.29 is 78.7 Å². The molecule has 3 aliphatic rings. The minimum absolute atomic E-state index is 0. The van der Waals surface area contributed by atoms with Crippen LogP contribution in [-0.2, 0) is 20.0 Å².